The van der Waals surface area contributed by atoms with E-state index in [1.165, 1.54) is 7.11 Å². The lowest BCUT2D eigenvalue weighted by atomic mass is 10.1. The maximum atomic E-state index is 12.3. The molecule has 2 aromatic rings. The Bertz CT molecular complexity index is 966. The topological polar surface area (TPSA) is 90.9 Å². The van der Waals surface area contributed by atoms with Crippen LogP contribution in [0.4, 0.5) is 5.69 Å². The van der Waals surface area contributed by atoms with Crippen molar-refractivity contribution < 1.29 is 28.6 Å². The number of hydrogen-bond acceptors (Lipinski definition) is 6. The lowest BCUT2D eigenvalue weighted by molar-refractivity contribution is -0.144. The van der Waals surface area contributed by atoms with Gasteiger partial charge in [-0.05, 0) is 47.9 Å². The van der Waals surface area contributed by atoms with Crippen molar-refractivity contribution in [1.82, 2.24) is 0 Å². The molecule has 0 bridgehead atoms. The van der Waals surface area contributed by atoms with Gasteiger partial charge in [-0.2, -0.15) is 0 Å². The molecular weight excluding hydrogens is 374 g/mol. The molecule has 1 amide bonds. The van der Waals surface area contributed by atoms with Crippen molar-refractivity contribution in [2.45, 2.75) is 12.8 Å². The van der Waals surface area contributed by atoms with E-state index in [0.29, 0.717) is 29.2 Å². The van der Waals surface area contributed by atoms with Gasteiger partial charge < -0.3 is 19.5 Å². The summed E-state index contributed by atoms with van der Waals surface area (Å²) < 4.78 is 15.7. The Labute approximate surface area is 168 Å². The zero-order valence-electron chi connectivity index (χ0n) is 16.0. The van der Waals surface area contributed by atoms with Crippen LogP contribution in [0.1, 0.15) is 21.5 Å². The number of ketones is 1. The van der Waals surface area contributed by atoms with Crippen LogP contribution in [0.5, 0.6) is 11.5 Å². The molecule has 1 aliphatic heterocycles. The highest BCUT2D eigenvalue weighted by Gasteiger charge is 2.20. The SMILES string of the molecule is C=CCc1ccc(OCC(=O)OCC(=O)c2ccc3c(c2)CC(=O)N3)c(OC)c1. The molecule has 0 aliphatic carbocycles. The number of nitrogens with one attached hydrogen (secondary N) is 1. The van der Waals surface area contributed by atoms with Crippen molar-refractivity contribution in [3.63, 3.8) is 0 Å². The summed E-state index contributed by atoms with van der Waals surface area (Å²) in [5.74, 6) is -0.240. The van der Waals surface area contributed by atoms with Gasteiger partial charge in [0.05, 0.1) is 13.5 Å². The van der Waals surface area contributed by atoms with Gasteiger partial charge in [0.15, 0.2) is 30.5 Å². The third kappa shape index (κ3) is 5.01. The van der Waals surface area contributed by atoms with Gasteiger partial charge in [-0.3, -0.25) is 9.59 Å². The van der Waals surface area contributed by atoms with Crippen LogP contribution < -0.4 is 14.8 Å². The third-order valence-electron chi connectivity index (χ3n) is 4.37. The van der Waals surface area contributed by atoms with Gasteiger partial charge >= 0.3 is 5.97 Å². The van der Waals surface area contributed by atoms with Gasteiger partial charge in [-0.25, -0.2) is 4.79 Å². The Hall–Kier alpha value is -3.61. The predicted molar refractivity (Wildman–Crippen MR) is 106 cm³/mol. The number of amides is 1. The van der Waals surface area contributed by atoms with Crippen molar-refractivity contribution >= 4 is 23.3 Å². The lowest BCUT2D eigenvalue weighted by Gasteiger charge is -2.11. The van der Waals surface area contributed by atoms with Crippen LogP contribution in [0.2, 0.25) is 0 Å². The number of benzene rings is 2. The summed E-state index contributed by atoms with van der Waals surface area (Å²) in [6, 6.07) is 10.3. The Balaban J connectivity index is 1.51. The molecule has 29 heavy (non-hydrogen) atoms. The molecule has 0 aromatic heterocycles. The molecule has 2 aromatic carbocycles. The van der Waals surface area contributed by atoms with Crippen LogP contribution in [0.25, 0.3) is 0 Å². The van der Waals surface area contributed by atoms with E-state index in [-0.39, 0.29) is 24.7 Å². The summed E-state index contributed by atoms with van der Waals surface area (Å²) in [7, 11) is 1.51. The van der Waals surface area contributed by atoms with E-state index in [1.54, 1.807) is 36.4 Å². The summed E-state index contributed by atoms with van der Waals surface area (Å²) in [6.45, 7) is 2.93. The quantitative estimate of drug-likeness (QED) is 0.399. The van der Waals surface area contributed by atoms with Crippen molar-refractivity contribution in [2.24, 2.45) is 0 Å². The number of methoxy groups -OCH3 is 1. The first-order valence-electron chi connectivity index (χ1n) is 9.02. The molecule has 7 nitrogen and oxygen atoms in total. The van der Waals surface area contributed by atoms with E-state index in [0.717, 1.165) is 11.1 Å². The summed E-state index contributed by atoms with van der Waals surface area (Å²) in [6.07, 6.45) is 2.70. The minimum Gasteiger partial charge on any atom is -0.493 e. The number of anilines is 1. The fourth-order valence-electron chi connectivity index (χ4n) is 2.94. The monoisotopic (exact) mass is 395 g/mol. The molecule has 1 heterocycles. The number of carbonyl (C=O) groups excluding carboxylic acids is 3. The molecule has 1 N–H and O–H groups in total. The number of hydrogen-bond donors (Lipinski definition) is 1. The average molecular weight is 395 g/mol. The largest absolute Gasteiger partial charge is 0.493 e. The van der Waals surface area contributed by atoms with E-state index >= 15 is 0 Å². The number of esters is 1. The minimum absolute atomic E-state index is 0.110. The molecular formula is C22H21NO6. The second kappa shape index (κ2) is 9.05. The number of Topliss-reactive ketones (excluding diaryl/α,β-unsaturated/α-hetero) is 1. The van der Waals surface area contributed by atoms with Crippen LogP contribution in [-0.2, 0) is 27.2 Å². The molecule has 0 radical (unpaired) electrons. The van der Waals surface area contributed by atoms with Crippen LogP contribution in [-0.4, -0.2) is 38.0 Å². The van der Waals surface area contributed by atoms with Gasteiger partial charge in [0, 0.05) is 11.3 Å². The number of rotatable bonds is 9. The zero-order valence-corrected chi connectivity index (χ0v) is 16.0. The Kier molecular flexibility index (Phi) is 6.29. The summed E-state index contributed by atoms with van der Waals surface area (Å²) in [5.41, 5.74) is 2.84. The maximum absolute atomic E-state index is 12.3. The third-order valence-corrected chi connectivity index (χ3v) is 4.37. The first-order valence-corrected chi connectivity index (χ1v) is 9.02. The van der Waals surface area contributed by atoms with Crippen LogP contribution in [0.3, 0.4) is 0 Å². The minimum atomic E-state index is -0.673. The number of allylic oxidation sites excluding steroid dienone is 1. The first-order chi connectivity index (χ1) is 14.0. The van der Waals surface area contributed by atoms with Gasteiger partial charge in [0.2, 0.25) is 5.91 Å². The van der Waals surface area contributed by atoms with Crippen LogP contribution in [0.15, 0.2) is 49.1 Å². The second-order valence-electron chi connectivity index (χ2n) is 6.45. The maximum Gasteiger partial charge on any atom is 0.344 e. The van der Waals surface area contributed by atoms with Gasteiger partial charge in [0.1, 0.15) is 0 Å². The molecule has 1 aliphatic rings. The lowest BCUT2D eigenvalue weighted by Crippen LogP contribution is -2.19. The summed E-state index contributed by atoms with van der Waals surface area (Å²) in [4.78, 5) is 35.6. The number of ether oxygens (including phenoxy) is 3. The zero-order chi connectivity index (χ0) is 20.8. The van der Waals surface area contributed by atoms with Gasteiger partial charge in [0.25, 0.3) is 0 Å². The van der Waals surface area contributed by atoms with Gasteiger partial charge in [-0.15, -0.1) is 6.58 Å². The van der Waals surface area contributed by atoms with Crippen molar-refractivity contribution in [2.75, 3.05) is 25.6 Å². The van der Waals surface area contributed by atoms with Crippen molar-refractivity contribution in [3.05, 3.63) is 65.7 Å². The number of carbonyl (C=O) groups is 3. The molecule has 0 saturated carbocycles. The molecule has 0 atom stereocenters. The van der Waals surface area contributed by atoms with Crippen LogP contribution in [0, 0.1) is 0 Å². The Morgan fingerprint density at radius 1 is 1.14 bits per heavy atom. The van der Waals surface area contributed by atoms with E-state index in [9.17, 15) is 14.4 Å². The summed E-state index contributed by atoms with van der Waals surface area (Å²) >= 11 is 0. The highest BCUT2D eigenvalue weighted by atomic mass is 16.6. The highest BCUT2D eigenvalue weighted by Crippen LogP contribution is 2.28. The molecule has 0 saturated heterocycles. The molecule has 150 valence electrons. The van der Waals surface area contributed by atoms with E-state index in [2.05, 4.69) is 11.9 Å². The molecule has 7 heteroatoms. The van der Waals surface area contributed by atoms with Crippen molar-refractivity contribution in [1.29, 1.82) is 0 Å². The summed E-state index contributed by atoms with van der Waals surface area (Å²) in [5, 5.41) is 2.70. The molecule has 0 spiro atoms. The van der Waals surface area contributed by atoms with E-state index in [1.807, 2.05) is 6.07 Å². The fourth-order valence-corrected chi connectivity index (χ4v) is 2.94. The number of fused-ring (bicyclic) bond motifs is 1. The van der Waals surface area contributed by atoms with E-state index in [4.69, 9.17) is 14.2 Å². The normalized spacial score (nSPS) is 12.0. The standard InChI is InChI=1S/C22H21NO6/c1-3-4-14-5-8-19(20(9-14)27-2)28-13-22(26)29-12-18(24)15-6-7-17-16(10-15)11-21(25)23-17/h3,5-10H,1,4,11-13H2,2H3,(H,23,25). The van der Waals surface area contributed by atoms with E-state index < -0.39 is 12.6 Å². The Morgan fingerprint density at radius 3 is 2.72 bits per heavy atom. The first kappa shape index (κ1) is 20.1. The van der Waals surface area contributed by atoms with Crippen LogP contribution >= 0.6 is 0 Å². The fraction of sp³-hybridized carbons (Fsp3) is 0.227. The second-order valence-corrected chi connectivity index (χ2v) is 6.45. The predicted octanol–water partition coefficient (Wildman–Crippen LogP) is 2.72. The molecule has 0 unspecified atom stereocenters. The van der Waals surface area contributed by atoms with Gasteiger partial charge in [-0.1, -0.05) is 12.1 Å². The average Bonchev–Trinajstić information content (AvgIpc) is 3.10. The Morgan fingerprint density at radius 2 is 1.97 bits per heavy atom. The molecule has 0 fully saturated rings. The smallest absolute Gasteiger partial charge is 0.344 e. The van der Waals surface area contributed by atoms with Crippen molar-refractivity contribution in [3.8, 4) is 11.5 Å². The molecule has 3 rings (SSSR count). The highest BCUT2D eigenvalue weighted by molar-refractivity contribution is 6.02.